The van der Waals surface area contributed by atoms with E-state index in [0.29, 0.717) is 31.1 Å². The third-order valence-electron chi connectivity index (χ3n) is 5.40. The van der Waals surface area contributed by atoms with Gasteiger partial charge in [0.1, 0.15) is 0 Å². The highest BCUT2D eigenvalue weighted by atomic mass is 16.5. The minimum absolute atomic E-state index is 0.256. The van der Waals surface area contributed by atoms with Crippen LogP contribution in [0.5, 0.6) is 0 Å². The molecule has 1 N–H and O–H groups in total. The maximum atomic E-state index is 12.8. The molecule has 0 aliphatic carbocycles. The minimum Gasteiger partial charge on any atom is -0.381 e. The summed E-state index contributed by atoms with van der Waals surface area (Å²) in [6, 6.07) is 7.81. The molecule has 1 fully saturated rings. The van der Waals surface area contributed by atoms with E-state index in [2.05, 4.69) is 20.6 Å². The van der Waals surface area contributed by atoms with Gasteiger partial charge in [0.15, 0.2) is 5.69 Å². The van der Waals surface area contributed by atoms with Crippen molar-refractivity contribution in [3.8, 4) is 5.69 Å². The SMILES string of the molecule is COC1(CNC(=O)c2nnn(-c3cccc4cnccc34)c2C)CCOCC1. The molecule has 2 aromatic heterocycles. The van der Waals surface area contributed by atoms with Crippen molar-refractivity contribution in [3.05, 3.63) is 48.0 Å². The van der Waals surface area contributed by atoms with E-state index < -0.39 is 0 Å². The molecule has 0 atom stereocenters. The molecule has 8 nitrogen and oxygen atoms in total. The number of amides is 1. The summed E-state index contributed by atoms with van der Waals surface area (Å²) in [6.45, 7) is 3.52. The van der Waals surface area contributed by atoms with E-state index in [9.17, 15) is 4.79 Å². The maximum absolute atomic E-state index is 12.8. The van der Waals surface area contributed by atoms with Crippen LogP contribution in [0.4, 0.5) is 0 Å². The largest absolute Gasteiger partial charge is 0.381 e. The van der Waals surface area contributed by atoms with E-state index >= 15 is 0 Å². The lowest BCUT2D eigenvalue weighted by Crippen LogP contribution is -2.48. The van der Waals surface area contributed by atoms with Crippen molar-refractivity contribution in [1.29, 1.82) is 0 Å². The molecule has 0 spiro atoms. The normalized spacial score (nSPS) is 16.2. The van der Waals surface area contributed by atoms with Gasteiger partial charge in [0, 0.05) is 62.9 Å². The van der Waals surface area contributed by atoms with Crippen LogP contribution in [0, 0.1) is 6.92 Å². The summed E-state index contributed by atoms with van der Waals surface area (Å²) in [4.78, 5) is 16.9. The number of fused-ring (bicyclic) bond motifs is 1. The van der Waals surface area contributed by atoms with Crippen LogP contribution in [-0.2, 0) is 9.47 Å². The number of carbonyl (C=O) groups excluding carboxylic acids is 1. The lowest BCUT2D eigenvalue weighted by atomic mass is 9.94. The summed E-state index contributed by atoms with van der Waals surface area (Å²) >= 11 is 0. The Labute approximate surface area is 162 Å². The van der Waals surface area contributed by atoms with Crippen LogP contribution in [-0.4, -0.2) is 58.4 Å². The first-order valence-corrected chi connectivity index (χ1v) is 9.30. The number of hydrogen-bond donors (Lipinski definition) is 1. The van der Waals surface area contributed by atoms with Crippen LogP contribution < -0.4 is 5.32 Å². The highest BCUT2D eigenvalue weighted by Crippen LogP contribution is 2.24. The molecular weight excluding hydrogens is 358 g/mol. The van der Waals surface area contributed by atoms with Crippen LogP contribution >= 0.6 is 0 Å². The molecule has 1 aliphatic rings. The maximum Gasteiger partial charge on any atom is 0.273 e. The summed E-state index contributed by atoms with van der Waals surface area (Å²) < 4.78 is 12.8. The summed E-state index contributed by atoms with van der Waals surface area (Å²) in [5.74, 6) is -0.256. The number of aromatic nitrogens is 4. The second-order valence-electron chi connectivity index (χ2n) is 6.99. The molecule has 1 amide bonds. The molecule has 8 heteroatoms. The Morgan fingerprint density at radius 1 is 1.32 bits per heavy atom. The molecule has 0 bridgehead atoms. The third-order valence-corrected chi connectivity index (χ3v) is 5.40. The summed E-state index contributed by atoms with van der Waals surface area (Å²) in [6.07, 6.45) is 5.04. The Kier molecular flexibility index (Phi) is 5.06. The lowest BCUT2D eigenvalue weighted by Gasteiger charge is -2.35. The van der Waals surface area contributed by atoms with Crippen molar-refractivity contribution in [2.24, 2.45) is 0 Å². The van der Waals surface area contributed by atoms with Crippen LogP contribution in [0.2, 0.25) is 0 Å². The van der Waals surface area contributed by atoms with Crippen LogP contribution in [0.15, 0.2) is 36.7 Å². The zero-order valence-electron chi connectivity index (χ0n) is 16.0. The quantitative estimate of drug-likeness (QED) is 0.727. The zero-order chi connectivity index (χ0) is 19.6. The average molecular weight is 381 g/mol. The Morgan fingerprint density at radius 3 is 2.93 bits per heavy atom. The Balaban J connectivity index is 1.57. The monoisotopic (exact) mass is 381 g/mol. The fourth-order valence-corrected chi connectivity index (χ4v) is 3.58. The van der Waals surface area contributed by atoms with Gasteiger partial charge in [-0.05, 0) is 19.1 Å². The molecule has 0 unspecified atom stereocenters. The Hall–Kier alpha value is -2.84. The Bertz CT molecular complexity index is 989. The van der Waals surface area contributed by atoms with Gasteiger partial charge in [0.2, 0.25) is 0 Å². The molecular formula is C20H23N5O3. The van der Waals surface area contributed by atoms with Crippen molar-refractivity contribution in [2.75, 3.05) is 26.9 Å². The number of ether oxygens (including phenoxy) is 2. The molecule has 1 aliphatic heterocycles. The molecule has 3 heterocycles. The van der Waals surface area contributed by atoms with Gasteiger partial charge < -0.3 is 14.8 Å². The van der Waals surface area contributed by atoms with Gasteiger partial charge in [-0.25, -0.2) is 4.68 Å². The number of rotatable bonds is 5. The standard InChI is InChI=1S/C20H23N5O3/c1-14-18(19(26)22-13-20(27-2)7-10-28-11-8-20)23-24-25(14)17-5-3-4-15-12-21-9-6-16(15)17/h3-6,9,12H,7-8,10-11,13H2,1-2H3,(H,22,26). The summed E-state index contributed by atoms with van der Waals surface area (Å²) in [5.41, 5.74) is 1.46. The van der Waals surface area contributed by atoms with E-state index in [1.54, 1.807) is 24.2 Å². The highest BCUT2D eigenvalue weighted by molar-refractivity contribution is 5.94. The molecule has 28 heavy (non-hydrogen) atoms. The first-order valence-electron chi connectivity index (χ1n) is 9.30. The lowest BCUT2D eigenvalue weighted by molar-refractivity contribution is -0.0864. The fraction of sp³-hybridized carbons (Fsp3) is 0.400. The van der Waals surface area contributed by atoms with E-state index in [1.807, 2.05) is 31.2 Å². The van der Waals surface area contributed by atoms with Gasteiger partial charge in [-0.15, -0.1) is 5.10 Å². The number of benzene rings is 1. The van der Waals surface area contributed by atoms with E-state index in [1.165, 1.54) is 0 Å². The average Bonchev–Trinajstić information content (AvgIpc) is 3.13. The van der Waals surface area contributed by atoms with Gasteiger partial charge in [-0.1, -0.05) is 17.3 Å². The smallest absolute Gasteiger partial charge is 0.273 e. The number of carbonyl (C=O) groups is 1. The van der Waals surface area contributed by atoms with Gasteiger partial charge in [-0.2, -0.15) is 0 Å². The zero-order valence-corrected chi connectivity index (χ0v) is 16.0. The number of hydrogen-bond acceptors (Lipinski definition) is 6. The molecule has 4 rings (SSSR count). The fourth-order valence-electron chi connectivity index (χ4n) is 3.58. The van der Waals surface area contributed by atoms with Crippen molar-refractivity contribution in [2.45, 2.75) is 25.4 Å². The predicted molar refractivity (Wildman–Crippen MR) is 104 cm³/mol. The molecule has 0 radical (unpaired) electrons. The highest BCUT2D eigenvalue weighted by Gasteiger charge is 2.33. The topological polar surface area (TPSA) is 91.2 Å². The van der Waals surface area contributed by atoms with Gasteiger partial charge in [0.25, 0.3) is 5.91 Å². The van der Waals surface area contributed by atoms with E-state index in [-0.39, 0.29) is 11.5 Å². The van der Waals surface area contributed by atoms with Crippen molar-refractivity contribution >= 4 is 16.7 Å². The molecule has 146 valence electrons. The first-order chi connectivity index (χ1) is 13.6. The second-order valence-corrected chi connectivity index (χ2v) is 6.99. The minimum atomic E-state index is -0.388. The number of nitrogens with zero attached hydrogens (tertiary/aromatic N) is 4. The molecule has 1 saturated heterocycles. The number of methoxy groups -OCH3 is 1. The van der Waals surface area contributed by atoms with Crippen LogP contribution in [0.3, 0.4) is 0 Å². The number of nitrogens with one attached hydrogen (secondary N) is 1. The Morgan fingerprint density at radius 2 is 2.14 bits per heavy atom. The van der Waals surface area contributed by atoms with Gasteiger partial charge >= 0.3 is 0 Å². The van der Waals surface area contributed by atoms with Crippen LogP contribution in [0.1, 0.15) is 29.0 Å². The van der Waals surface area contributed by atoms with E-state index in [0.717, 1.165) is 29.3 Å². The third kappa shape index (κ3) is 3.36. The van der Waals surface area contributed by atoms with Gasteiger partial charge in [-0.3, -0.25) is 9.78 Å². The summed E-state index contributed by atoms with van der Waals surface area (Å²) in [5, 5.41) is 13.3. The molecule has 1 aromatic carbocycles. The molecule has 3 aromatic rings. The first kappa shape index (κ1) is 18.5. The second kappa shape index (κ2) is 7.65. The van der Waals surface area contributed by atoms with Crippen molar-refractivity contribution in [1.82, 2.24) is 25.3 Å². The molecule has 0 saturated carbocycles. The summed E-state index contributed by atoms with van der Waals surface area (Å²) in [7, 11) is 1.67. The van der Waals surface area contributed by atoms with Crippen molar-refractivity contribution < 1.29 is 14.3 Å². The van der Waals surface area contributed by atoms with Crippen LogP contribution in [0.25, 0.3) is 16.5 Å². The van der Waals surface area contributed by atoms with Gasteiger partial charge in [0.05, 0.1) is 17.0 Å². The number of pyridine rings is 1. The van der Waals surface area contributed by atoms with Crippen molar-refractivity contribution in [3.63, 3.8) is 0 Å². The van der Waals surface area contributed by atoms with E-state index in [4.69, 9.17) is 9.47 Å². The predicted octanol–water partition coefficient (Wildman–Crippen LogP) is 2.05.